The van der Waals surface area contributed by atoms with Gasteiger partial charge >= 0.3 is 0 Å². The van der Waals surface area contributed by atoms with Gasteiger partial charge in [-0.25, -0.2) is 4.98 Å². The number of benzene rings is 1. The number of nitrogens with one attached hydrogen (secondary N) is 2. The van der Waals surface area contributed by atoms with E-state index in [0.717, 1.165) is 38.0 Å². The predicted octanol–water partition coefficient (Wildman–Crippen LogP) is 3.41. The lowest BCUT2D eigenvalue weighted by Crippen LogP contribution is -2.44. The van der Waals surface area contributed by atoms with Crippen LogP contribution in [0.25, 0.3) is 0 Å². The van der Waals surface area contributed by atoms with Gasteiger partial charge in [-0.1, -0.05) is 18.9 Å². The summed E-state index contributed by atoms with van der Waals surface area (Å²) in [4.78, 5) is 21.1. The second-order valence-corrected chi connectivity index (χ2v) is 6.86. The van der Waals surface area contributed by atoms with Gasteiger partial charge in [-0.15, -0.1) is 12.4 Å². The van der Waals surface area contributed by atoms with Gasteiger partial charge in [-0.2, -0.15) is 0 Å². The number of hydrogen-bond acceptors (Lipinski definition) is 5. The minimum Gasteiger partial charge on any atom is -0.437 e. The number of anilines is 1. The van der Waals surface area contributed by atoms with Crippen molar-refractivity contribution < 1.29 is 9.53 Å². The van der Waals surface area contributed by atoms with E-state index in [2.05, 4.69) is 20.6 Å². The summed E-state index contributed by atoms with van der Waals surface area (Å²) in [6.45, 7) is 1.72. The standard InChI is InChI=1S/C19H22N4O2.ClH/c24-18(19-7-2-1-4-14(19)11-21-13-19)23-15-5-3-6-16(10-15)25-17-12-20-8-9-22-17;/h3,5-6,8-10,12,14,21H,1-2,4,7,11,13H2,(H,23,24);1H/t14-,19+;/m0./s1. The van der Waals surface area contributed by atoms with E-state index >= 15 is 0 Å². The molecule has 0 unspecified atom stereocenters. The number of amides is 1. The highest BCUT2D eigenvalue weighted by Crippen LogP contribution is 2.44. The van der Waals surface area contributed by atoms with Crippen molar-refractivity contribution in [2.45, 2.75) is 25.7 Å². The highest BCUT2D eigenvalue weighted by molar-refractivity contribution is 5.96. The molecule has 0 spiro atoms. The number of carbonyl (C=O) groups is 1. The van der Waals surface area contributed by atoms with Crippen LogP contribution in [0, 0.1) is 11.3 Å². The van der Waals surface area contributed by atoms with Crippen LogP contribution in [0.15, 0.2) is 42.9 Å². The van der Waals surface area contributed by atoms with Crippen molar-refractivity contribution in [3.63, 3.8) is 0 Å². The zero-order valence-electron chi connectivity index (χ0n) is 14.5. The number of halogens is 1. The Morgan fingerprint density at radius 3 is 3.08 bits per heavy atom. The second kappa shape index (κ2) is 8.01. The molecule has 1 amide bonds. The lowest BCUT2D eigenvalue weighted by molar-refractivity contribution is -0.128. The van der Waals surface area contributed by atoms with Crippen molar-refractivity contribution in [3.8, 4) is 11.6 Å². The summed E-state index contributed by atoms with van der Waals surface area (Å²) in [7, 11) is 0. The lowest BCUT2D eigenvalue weighted by atomic mass is 9.67. The Labute approximate surface area is 159 Å². The highest BCUT2D eigenvalue weighted by atomic mass is 35.5. The normalized spacial score (nSPS) is 24.2. The molecule has 138 valence electrons. The van der Waals surface area contributed by atoms with Crippen molar-refractivity contribution in [2.24, 2.45) is 11.3 Å². The van der Waals surface area contributed by atoms with Crippen molar-refractivity contribution in [1.29, 1.82) is 0 Å². The number of fused-ring (bicyclic) bond motifs is 1. The Balaban J connectivity index is 0.00000196. The molecule has 26 heavy (non-hydrogen) atoms. The van der Waals surface area contributed by atoms with Crippen LogP contribution in [-0.2, 0) is 4.79 Å². The number of nitrogens with zero attached hydrogens (tertiary/aromatic N) is 2. The third-order valence-electron chi connectivity index (χ3n) is 5.34. The van der Waals surface area contributed by atoms with Crippen molar-refractivity contribution in [1.82, 2.24) is 15.3 Å². The van der Waals surface area contributed by atoms with Crippen molar-refractivity contribution >= 4 is 24.0 Å². The van der Waals surface area contributed by atoms with Crippen LogP contribution in [0.1, 0.15) is 25.7 Å². The third-order valence-corrected chi connectivity index (χ3v) is 5.34. The molecule has 2 fully saturated rings. The van der Waals surface area contributed by atoms with Gasteiger partial charge in [0.05, 0.1) is 11.6 Å². The zero-order chi connectivity index (χ0) is 17.1. The summed E-state index contributed by atoms with van der Waals surface area (Å²) >= 11 is 0. The maximum Gasteiger partial charge on any atom is 0.237 e. The molecule has 2 N–H and O–H groups in total. The third kappa shape index (κ3) is 3.66. The molecular formula is C19H23ClN4O2. The molecule has 4 rings (SSSR count). The quantitative estimate of drug-likeness (QED) is 0.857. The predicted molar refractivity (Wildman–Crippen MR) is 102 cm³/mol. The summed E-state index contributed by atoms with van der Waals surface area (Å²) in [5, 5.41) is 6.52. The summed E-state index contributed by atoms with van der Waals surface area (Å²) < 4.78 is 5.69. The van der Waals surface area contributed by atoms with Crippen molar-refractivity contribution in [3.05, 3.63) is 42.9 Å². The molecule has 2 atom stereocenters. The second-order valence-electron chi connectivity index (χ2n) is 6.86. The Morgan fingerprint density at radius 1 is 1.31 bits per heavy atom. The number of carbonyl (C=O) groups excluding carboxylic acids is 1. The van der Waals surface area contributed by atoms with E-state index < -0.39 is 0 Å². The zero-order valence-corrected chi connectivity index (χ0v) is 15.3. The molecule has 1 saturated carbocycles. The average molecular weight is 375 g/mol. The molecule has 1 aromatic heterocycles. The van der Waals surface area contributed by atoms with Crippen LogP contribution >= 0.6 is 12.4 Å². The van der Waals surface area contributed by atoms with Crippen LogP contribution < -0.4 is 15.4 Å². The van der Waals surface area contributed by atoms with E-state index in [9.17, 15) is 4.79 Å². The van der Waals surface area contributed by atoms with E-state index in [1.165, 1.54) is 6.42 Å². The first-order valence-electron chi connectivity index (χ1n) is 8.82. The largest absolute Gasteiger partial charge is 0.437 e. The summed E-state index contributed by atoms with van der Waals surface area (Å²) in [5.74, 6) is 1.62. The number of aromatic nitrogens is 2. The molecule has 0 radical (unpaired) electrons. The Kier molecular flexibility index (Phi) is 5.74. The molecule has 1 aromatic carbocycles. The molecule has 1 aliphatic carbocycles. The van der Waals surface area contributed by atoms with Gasteiger partial charge in [0, 0.05) is 30.7 Å². The van der Waals surface area contributed by atoms with Gasteiger partial charge < -0.3 is 15.4 Å². The fourth-order valence-corrected chi connectivity index (χ4v) is 4.04. The van der Waals surface area contributed by atoms with Crippen LogP contribution in [0.3, 0.4) is 0 Å². The van der Waals surface area contributed by atoms with Crippen LogP contribution in [0.5, 0.6) is 11.6 Å². The van der Waals surface area contributed by atoms with Crippen LogP contribution in [0.4, 0.5) is 5.69 Å². The number of hydrogen-bond donors (Lipinski definition) is 2. The van der Waals surface area contributed by atoms with Gasteiger partial charge in [0.25, 0.3) is 0 Å². The number of rotatable bonds is 4. The number of ether oxygens (including phenoxy) is 1. The first-order valence-corrected chi connectivity index (χ1v) is 8.82. The maximum atomic E-state index is 13.0. The molecule has 7 heteroatoms. The molecule has 6 nitrogen and oxygen atoms in total. The van der Waals surface area contributed by atoms with Crippen LogP contribution in [0.2, 0.25) is 0 Å². The van der Waals surface area contributed by atoms with E-state index in [-0.39, 0.29) is 23.7 Å². The molecule has 0 bridgehead atoms. The maximum absolute atomic E-state index is 13.0. The molecule has 1 aliphatic heterocycles. The van der Waals surface area contributed by atoms with Gasteiger partial charge in [0.2, 0.25) is 11.8 Å². The van der Waals surface area contributed by atoms with Crippen LogP contribution in [-0.4, -0.2) is 29.0 Å². The molecule has 1 saturated heterocycles. The first-order chi connectivity index (χ1) is 12.3. The Bertz CT molecular complexity index is 758. The molecule has 2 aliphatic rings. The summed E-state index contributed by atoms with van der Waals surface area (Å²) in [5.41, 5.74) is 0.483. The molecule has 2 aromatic rings. The van der Waals surface area contributed by atoms with Gasteiger partial charge in [0.15, 0.2) is 0 Å². The van der Waals surface area contributed by atoms with Gasteiger partial charge in [-0.05, 0) is 37.4 Å². The van der Waals surface area contributed by atoms with Gasteiger partial charge in [-0.3, -0.25) is 9.78 Å². The lowest BCUT2D eigenvalue weighted by Gasteiger charge is -2.37. The summed E-state index contributed by atoms with van der Waals surface area (Å²) in [6, 6.07) is 7.41. The smallest absolute Gasteiger partial charge is 0.237 e. The molecule has 2 heterocycles. The van der Waals surface area contributed by atoms with E-state index in [1.54, 1.807) is 18.6 Å². The van der Waals surface area contributed by atoms with Crippen molar-refractivity contribution in [2.75, 3.05) is 18.4 Å². The summed E-state index contributed by atoms with van der Waals surface area (Å²) in [6.07, 6.45) is 9.18. The first kappa shape index (κ1) is 18.6. The fourth-order valence-electron chi connectivity index (χ4n) is 4.04. The van der Waals surface area contributed by atoms with E-state index in [4.69, 9.17) is 4.74 Å². The molecular weight excluding hydrogens is 352 g/mol. The monoisotopic (exact) mass is 374 g/mol. The minimum atomic E-state index is -0.264. The SMILES string of the molecule is Cl.O=C(Nc1cccc(Oc2cnccn2)c1)[C@@]12CCCC[C@H]1CNC2. The van der Waals surface area contributed by atoms with E-state index in [1.807, 2.05) is 24.3 Å². The van der Waals surface area contributed by atoms with Gasteiger partial charge in [0.1, 0.15) is 5.75 Å². The Morgan fingerprint density at radius 2 is 2.23 bits per heavy atom. The topological polar surface area (TPSA) is 76.1 Å². The Hall–Kier alpha value is -2.18. The highest BCUT2D eigenvalue weighted by Gasteiger charge is 2.49. The average Bonchev–Trinajstić information content (AvgIpc) is 3.08. The minimum absolute atomic E-state index is 0. The fraction of sp³-hybridized carbons (Fsp3) is 0.421. The van der Waals surface area contributed by atoms with E-state index in [0.29, 0.717) is 17.5 Å².